The molecule has 1 N–H and O–H groups in total. The van der Waals surface area contributed by atoms with Gasteiger partial charge in [0.2, 0.25) is 0 Å². The lowest BCUT2D eigenvalue weighted by molar-refractivity contribution is -0.112. The molecule has 140 valence electrons. The predicted molar refractivity (Wildman–Crippen MR) is 115 cm³/mol. The summed E-state index contributed by atoms with van der Waals surface area (Å²) < 4.78 is 0. The van der Waals surface area contributed by atoms with Crippen LogP contribution in [0.2, 0.25) is 5.02 Å². The third-order valence-electron chi connectivity index (χ3n) is 5.87. The van der Waals surface area contributed by atoms with Gasteiger partial charge in [-0.25, -0.2) is 0 Å². The van der Waals surface area contributed by atoms with Crippen LogP contribution in [0.1, 0.15) is 35.2 Å². The number of anilines is 1. The maximum Gasteiger partial charge on any atom is 0.167 e. The van der Waals surface area contributed by atoms with Crippen molar-refractivity contribution in [3.05, 3.63) is 75.6 Å². The molecule has 3 aliphatic rings. The van der Waals surface area contributed by atoms with Gasteiger partial charge in [-0.2, -0.15) is 0 Å². The number of rotatable bonds is 2. The monoisotopic (exact) mass is 388 g/mol. The lowest BCUT2D eigenvalue weighted by Gasteiger charge is -2.21. The summed E-state index contributed by atoms with van der Waals surface area (Å²) in [6.07, 6.45) is 13.5. The Bertz CT molecular complexity index is 1110. The van der Waals surface area contributed by atoms with Gasteiger partial charge in [0.05, 0.1) is 11.4 Å². The van der Waals surface area contributed by atoms with Crippen LogP contribution in [0.4, 0.5) is 5.69 Å². The average Bonchev–Trinajstić information content (AvgIpc) is 3.32. The molecule has 0 saturated carbocycles. The average molecular weight is 389 g/mol. The minimum absolute atomic E-state index is 0.142. The van der Waals surface area contributed by atoms with E-state index < -0.39 is 0 Å². The second-order valence-electron chi connectivity index (χ2n) is 7.66. The topological polar surface area (TPSA) is 42.0 Å². The van der Waals surface area contributed by atoms with E-state index in [4.69, 9.17) is 16.6 Å². The van der Waals surface area contributed by atoms with E-state index in [0.29, 0.717) is 11.4 Å². The van der Waals surface area contributed by atoms with Crippen molar-refractivity contribution in [2.24, 2.45) is 0 Å². The van der Waals surface area contributed by atoms with Crippen molar-refractivity contribution in [3.63, 3.8) is 0 Å². The Labute approximate surface area is 169 Å². The van der Waals surface area contributed by atoms with Gasteiger partial charge in [-0.1, -0.05) is 29.8 Å². The Morgan fingerprint density at radius 2 is 2.14 bits per heavy atom. The summed E-state index contributed by atoms with van der Waals surface area (Å²) in [6.45, 7) is 3.11. The van der Waals surface area contributed by atoms with Gasteiger partial charge in [0, 0.05) is 35.3 Å². The van der Waals surface area contributed by atoms with E-state index in [9.17, 15) is 4.79 Å². The highest BCUT2D eigenvalue weighted by Gasteiger charge is 2.28. The second kappa shape index (κ2) is 6.75. The fraction of sp³-hybridized carbons (Fsp3) is 0.250. The normalized spacial score (nSPS) is 18.9. The van der Waals surface area contributed by atoms with Crippen LogP contribution in [-0.4, -0.2) is 17.3 Å². The van der Waals surface area contributed by atoms with E-state index in [0.717, 1.165) is 70.6 Å². The van der Waals surface area contributed by atoms with Crippen LogP contribution in [-0.2, 0) is 17.6 Å². The van der Waals surface area contributed by atoms with Crippen LogP contribution in [0.5, 0.6) is 0 Å². The molecule has 2 aliphatic carbocycles. The molecular formula is C24H21ClN2O. The second-order valence-corrected chi connectivity index (χ2v) is 8.07. The number of ketones is 1. The number of pyridine rings is 1. The molecule has 0 saturated heterocycles. The zero-order chi connectivity index (χ0) is 19.3. The minimum Gasteiger partial charge on any atom is -0.383 e. The summed E-state index contributed by atoms with van der Waals surface area (Å²) in [4.78, 5) is 17.4. The molecule has 2 aromatic rings. The zero-order valence-corrected chi connectivity index (χ0v) is 16.6. The largest absolute Gasteiger partial charge is 0.383 e. The minimum atomic E-state index is 0.142. The van der Waals surface area contributed by atoms with Gasteiger partial charge < -0.3 is 5.32 Å². The number of hydrogen-bond donors (Lipinski definition) is 1. The number of nitrogens with one attached hydrogen (secondary N) is 1. The number of halogens is 1. The molecule has 0 fully saturated rings. The van der Waals surface area contributed by atoms with Crippen molar-refractivity contribution < 1.29 is 4.79 Å². The van der Waals surface area contributed by atoms with Gasteiger partial charge in [0.15, 0.2) is 5.78 Å². The molecule has 0 unspecified atom stereocenters. The molecule has 1 aliphatic heterocycles. The first-order chi connectivity index (χ1) is 13.6. The molecule has 1 aromatic carbocycles. The highest BCUT2D eigenvalue weighted by atomic mass is 35.5. The van der Waals surface area contributed by atoms with Gasteiger partial charge in [-0.05, 0) is 72.2 Å². The lowest BCUT2D eigenvalue weighted by atomic mass is 9.94. The fourth-order valence-electron chi connectivity index (χ4n) is 4.37. The first-order valence-electron chi connectivity index (χ1n) is 9.78. The Morgan fingerprint density at radius 3 is 2.96 bits per heavy atom. The third-order valence-corrected chi connectivity index (χ3v) is 6.21. The summed E-state index contributed by atoms with van der Waals surface area (Å²) in [6, 6.07) is 4.09. The van der Waals surface area contributed by atoms with Crippen LogP contribution in [0, 0.1) is 6.92 Å². The van der Waals surface area contributed by atoms with E-state index in [1.165, 1.54) is 5.56 Å². The summed E-state index contributed by atoms with van der Waals surface area (Å²) in [5.74, 6) is 0.142. The number of allylic oxidation sites excluding steroid dienone is 6. The fourth-order valence-corrected chi connectivity index (χ4v) is 4.66. The molecule has 4 heteroatoms. The molecule has 28 heavy (non-hydrogen) atoms. The van der Waals surface area contributed by atoms with Gasteiger partial charge in [0.25, 0.3) is 0 Å². The van der Waals surface area contributed by atoms with Crippen molar-refractivity contribution >= 4 is 28.6 Å². The molecule has 1 aromatic heterocycles. The predicted octanol–water partition coefficient (Wildman–Crippen LogP) is 5.46. The summed E-state index contributed by atoms with van der Waals surface area (Å²) in [5, 5.41) is 4.16. The first kappa shape index (κ1) is 17.4. The number of benzene rings is 1. The van der Waals surface area contributed by atoms with E-state index in [2.05, 4.69) is 30.5 Å². The van der Waals surface area contributed by atoms with Crippen molar-refractivity contribution in [2.45, 2.75) is 32.6 Å². The van der Waals surface area contributed by atoms with E-state index >= 15 is 0 Å². The number of aromatic nitrogens is 1. The molecule has 0 amide bonds. The number of aryl methyl sites for hydroxylation is 1. The first-order valence-corrected chi connectivity index (χ1v) is 10.2. The van der Waals surface area contributed by atoms with Crippen molar-refractivity contribution in [2.75, 3.05) is 11.9 Å². The van der Waals surface area contributed by atoms with Crippen LogP contribution < -0.4 is 5.32 Å². The van der Waals surface area contributed by atoms with Crippen LogP contribution in [0.25, 0.3) is 16.7 Å². The van der Waals surface area contributed by atoms with Gasteiger partial charge in [-0.3, -0.25) is 9.78 Å². The standard InChI is InChI=1S/C24H21ClN2O/c1-14-20(13-27-22-7-4-8-26-24(14)22)16-10-17-18(21(25)11-16)12-23(28)19(17)9-15-5-2-3-6-15/h2-3,5,9-11,13,26H,4,6-8,12H2,1H3/b19-9-. The van der Waals surface area contributed by atoms with Crippen LogP contribution in [0.3, 0.4) is 0 Å². The molecular weight excluding hydrogens is 368 g/mol. The smallest absolute Gasteiger partial charge is 0.167 e. The van der Waals surface area contributed by atoms with E-state index in [1.54, 1.807) is 0 Å². The molecule has 0 bridgehead atoms. The number of carbonyl (C=O) groups is 1. The Balaban J connectivity index is 1.63. The van der Waals surface area contributed by atoms with Crippen molar-refractivity contribution in [1.29, 1.82) is 0 Å². The molecule has 0 spiro atoms. The number of carbonyl (C=O) groups excluding carboxylic acids is 1. The maximum absolute atomic E-state index is 12.7. The quantitative estimate of drug-likeness (QED) is 0.694. The molecule has 3 nitrogen and oxygen atoms in total. The Morgan fingerprint density at radius 1 is 1.25 bits per heavy atom. The van der Waals surface area contributed by atoms with Crippen molar-refractivity contribution in [3.8, 4) is 11.1 Å². The number of hydrogen-bond acceptors (Lipinski definition) is 3. The number of Topliss-reactive ketones (excluding diaryl/α,β-unsaturated/α-hetero) is 1. The Kier molecular flexibility index (Phi) is 4.21. The molecule has 0 radical (unpaired) electrons. The zero-order valence-electron chi connectivity index (χ0n) is 15.8. The van der Waals surface area contributed by atoms with Crippen LogP contribution in [0.15, 0.2) is 48.2 Å². The van der Waals surface area contributed by atoms with E-state index in [1.807, 2.05) is 24.4 Å². The summed E-state index contributed by atoms with van der Waals surface area (Å²) in [7, 11) is 0. The highest BCUT2D eigenvalue weighted by molar-refractivity contribution is 6.35. The van der Waals surface area contributed by atoms with Crippen molar-refractivity contribution in [1.82, 2.24) is 4.98 Å². The highest BCUT2D eigenvalue weighted by Crippen LogP contribution is 2.41. The SMILES string of the molecule is Cc1c(-c2cc(Cl)c3c(c2)/C(=C/C2=CC=CC2)C(=O)C3)cnc2c1NCCC2. The van der Waals surface area contributed by atoms with Gasteiger partial charge in [0.1, 0.15) is 0 Å². The lowest BCUT2D eigenvalue weighted by Crippen LogP contribution is -2.14. The number of fused-ring (bicyclic) bond motifs is 2. The third kappa shape index (κ3) is 2.82. The maximum atomic E-state index is 12.7. The molecule has 0 atom stereocenters. The summed E-state index contributed by atoms with van der Waals surface area (Å²) in [5.41, 5.74) is 9.40. The number of nitrogens with zero attached hydrogens (tertiary/aromatic N) is 1. The van der Waals surface area contributed by atoms with Gasteiger partial charge >= 0.3 is 0 Å². The van der Waals surface area contributed by atoms with Crippen LogP contribution >= 0.6 is 11.6 Å². The Hall–Kier alpha value is -2.65. The van der Waals surface area contributed by atoms with E-state index in [-0.39, 0.29) is 5.78 Å². The molecule has 2 heterocycles. The summed E-state index contributed by atoms with van der Waals surface area (Å²) >= 11 is 6.63. The molecule has 5 rings (SSSR count). The van der Waals surface area contributed by atoms with Gasteiger partial charge in [-0.15, -0.1) is 0 Å².